The fourth-order valence-electron chi connectivity index (χ4n) is 7.14. The molecule has 1 saturated heterocycles. The fourth-order valence-corrected chi connectivity index (χ4v) is 7.14. The van der Waals surface area contributed by atoms with E-state index in [0.29, 0.717) is 6.42 Å². The Labute approximate surface area is 250 Å². The van der Waals surface area contributed by atoms with Crippen LogP contribution in [-0.4, -0.2) is 39.1 Å². The number of H-pyrrole nitrogens is 3. The molecular formula is C35H38N4O4. The summed E-state index contributed by atoms with van der Waals surface area (Å²) in [6.07, 6.45) is 12.4. The van der Waals surface area contributed by atoms with Gasteiger partial charge in [-0.1, -0.05) is 25.7 Å². The van der Waals surface area contributed by atoms with Crippen LogP contribution < -0.4 is 16.0 Å². The topological polar surface area (TPSA) is 123 Å². The maximum Gasteiger partial charge on any atom is 0.332 e. The largest absolute Gasteiger partial charge is 0.478 e. The first-order valence-electron chi connectivity index (χ1n) is 14.5. The number of aromatic nitrogens is 3. The number of hydrogen-bond donors (Lipinski definition) is 5. The second-order valence-electron chi connectivity index (χ2n) is 12.2. The summed E-state index contributed by atoms with van der Waals surface area (Å²) >= 11 is 0. The number of esters is 1. The maximum absolute atomic E-state index is 13.4. The molecular weight excluding hydrogens is 540 g/mol. The highest BCUT2D eigenvalue weighted by Gasteiger charge is 2.58. The molecule has 0 saturated carbocycles. The first-order chi connectivity index (χ1) is 20.4. The van der Waals surface area contributed by atoms with E-state index in [1.807, 2.05) is 19.1 Å². The molecule has 6 rings (SSSR count). The average Bonchev–Trinajstić information content (AvgIpc) is 3.61. The number of nitrogens with one attached hydrogen (secondary N) is 4. The van der Waals surface area contributed by atoms with Gasteiger partial charge in [0.15, 0.2) is 0 Å². The summed E-state index contributed by atoms with van der Waals surface area (Å²) in [5.41, 5.74) is 11.2. The molecule has 8 heteroatoms. The third-order valence-corrected chi connectivity index (χ3v) is 10.1. The summed E-state index contributed by atoms with van der Waals surface area (Å²) in [6, 6.07) is 0. The Morgan fingerprint density at radius 2 is 1.47 bits per heavy atom. The van der Waals surface area contributed by atoms with Crippen molar-refractivity contribution in [2.45, 2.75) is 48.0 Å². The Balaban J connectivity index is 1.71. The van der Waals surface area contributed by atoms with Gasteiger partial charge in [-0.2, -0.15) is 0 Å². The Morgan fingerprint density at radius 1 is 0.884 bits per heavy atom. The molecule has 5 N–H and O–H groups in total. The third-order valence-electron chi connectivity index (χ3n) is 10.1. The number of rotatable bonds is 3. The monoisotopic (exact) mass is 578 g/mol. The van der Waals surface area contributed by atoms with Crippen LogP contribution in [0.3, 0.4) is 0 Å². The molecule has 3 atom stereocenters. The molecule has 3 aromatic rings. The predicted molar refractivity (Wildman–Crippen MR) is 169 cm³/mol. The molecule has 5 heterocycles. The van der Waals surface area contributed by atoms with Gasteiger partial charge in [-0.25, -0.2) is 4.79 Å². The van der Waals surface area contributed by atoms with Crippen molar-refractivity contribution in [3.05, 3.63) is 96.5 Å². The lowest BCUT2D eigenvalue weighted by Gasteiger charge is -2.40. The van der Waals surface area contributed by atoms with E-state index in [1.54, 1.807) is 6.08 Å². The normalized spacial score (nSPS) is 22.3. The van der Waals surface area contributed by atoms with E-state index in [0.717, 1.165) is 67.1 Å². The van der Waals surface area contributed by atoms with Crippen LogP contribution in [0.2, 0.25) is 0 Å². The number of ether oxygens (including phenoxy) is 1. The highest BCUT2D eigenvalue weighted by molar-refractivity contribution is 5.96. The van der Waals surface area contributed by atoms with Crippen LogP contribution in [-0.2, 0) is 14.3 Å². The number of allylic oxidation sites excluding steroid dienone is 3. The lowest BCUT2D eigenvalue weighted by molar-refractivity contribution is -0.151. The van der Waals surface area contributed by atoms with Crippen molar-refractivity contribution in [1.29, 1.82) is 0 Å². The molecule has 3 aliphatic rings. The van der Waals surface area contributed by atoms with Crippen LogP contribution in [0.25, 0.3) is 30.4 Å². The number of carbonyl (C=O) groups excluding carboxylic acids is 1. The minimum atomic E-state index is -1.11. The summed E-state index contributed by atoms with van der Waals surface area (Å²) in [7, 11) is 1.31. The van der Waals surface area contributed by atoms with Crippen molar-refractivity contribution in [2.24, 2.45) is 17.3 Å². The first-order valence-corrected chi connectivity index (χ1v) is 14.5. The molecule has 1 fully saturated rings. The standard InChI is InChI=1S/C35H38N4O4/c1-9-21-20(6)27-14-30-23-11-10-22(33(40)41)32(34(42)43-8)35(23,7)31(39-30)15-28-19(5)18(4)25(37-28)12-24-16(2)17(3)26(36-24)13-29(21)38-27/h9-10,12-15,23,32,36-39H,1,11H2,2-8H3,(H,40,41). The number of fused-ring (bicyclic) bond motifs is 11. The van der Waals surface area contributed by atoms with Gasteiger partial charge in [0.2, 0.25) is 0 Å². The number of carbonyl (C=O) groups is 2. The fraction of sp³-hybridized carbons (Fsp3) is 0.314. The molecule has 222 valence electrons. The number of carboxylic acid groups (broad SMARTS) is 1. The van der Waals surface area contributed by atoms with Gasteiger partial charge in [0.1, 0.15) is 5.92 Å². The highest BCUT2D eigenvalue weighted by Crippen LogP contribution is 2.57. The number of methoxy groups -OCH3 is 1. The lowest BCUT2D eigenvalue weighted by atomic mass is 9.60. The molecule has 3 unspecified atom stereocenters. The summed E-state index contributed by atoms with van der Waals surface area (Å²) in [6.45, 7) is 16.5. The van der Waals surface area contributed by atoms with Crippen molar-refractivity contribution >= 4 is 42.3 Å². The molecule has 8 nitrogen and oxygen atoms in total. The number of carboxylic acids is 1. The van der Waals surface area contributed by atoms with Crippen LogP contribution >= 0.6 is 0 Å². The van der Waals surface area contributed by atoms with Gasteiger partial charge in [-0.15, -0.1) is 0 Å². The van der Waals surface area contributed by atoms with Crippen LogP contribution in [0, 0.1) is 51.9 Å². The molecule has 43 heavy (non-hydrogen) atoms. The molecule has 0 spiro atoms. The minimum Gasteiger partial charge on any atom is -0.478 e. The van der Waals surface area contributed by atoms with Gasteiger partial charge in [-0.05, 0) is 93.2 Å². The van der Waals surface area contributed by atoms with Gasteiger partial charge in [0, 0.05) is 67.3 Å². The third kappa shape index (κ3) is 4.11. The van der Waals surface area contributed by atoms with Gasteiger partial charge < -0.3 is 30.1 Å². The van der Waals surface area contributed by atoms with Gasteiger partial charge in [0.05, 0.1) is 7.11 Å². The van der Waals surface area contributed by atoms with Crippen LogP contribution in [0.1, 0.15) is 69.5 Å². The van der Waals surface area contributed by atoms with E-state index < -0.39 is 23.3 Å². The number of hydrogen-bond acceptors (Lipinski definition) is 4. The van der Waals surface area contributed by atoms with Crippen LogP contribution in [0.4, 0.5) is 0 Å². The van der Waals surface area contributed by atoms with E-state index >= 15 is 0 Å². The molecule has 0 amide bonds. The van der Waals surface area contributed by atoms with Gasteiger partial charge in [-0.3, -0.25) is 4.79 Å². The van der Waals surface area contributed by atoms with E-state index in [1.165, 1.54) is 18.2 Å². The molecule has 0 radical (unpaired) electrons. The zero-order chi connectivity index (χ0) is 31.0. The van der Waals surface area contributed by atoms with E-state index in [9.17, 15) is 14.7 Å². The molecule has 8 bridgehead atoms. The predicted octanol–water partition coefficient (Wildman–Crippen LogP) is 4.64. The Morgan fingerprint density at radius 3 is 2.07 bits per heavy atom. The smallest absolute Gasteiger partial charge is 0.332 e. The van der Waals surface area contributed by atoms with E-state index in [4.69, 9.17) is 4.74 Å². The number of aliphatic carboxylic acids is 1. The van der Waals surface area contributed by atoms with Gasteiger partial charge in [0.25, 0.3) is 0 Å². The summed E-state index contributed by atoms with van der Waals surface area (Å²) in [4.78, 5) is 36.6. The van der Waals surface area contributed by atoms with E-state index in [-0.39, 0.29) is 11.5 Å². The minimum absolute atomic E-state index is 0.0638. The molecule has 1 aliphatic carbocycles. The zero-order valence-electron chi connectivity index (χ0n) is 25.7. The second kappa shape index (κ2) is 9.93. The first kappa shape index (κ1) is 28.4. The summed E-state index contributed by atoms with van der Waals surface area (Å²) in [5, 5.41) is 15.8. The highest BCUT2D eigenvalue weighted by atomic mass is 16.5. The Bertz CT molecular complexity index is 1960. The molecule has 2 aliphatic heterocycles. The average molecular weight is 579 g/mol. The Hall–Kier alpha value is -4.72. The van der Waals surface area contributed by atoms with Gasteiger partial charge >= 0.3 is 11.9 Å². The molecule has 3 aromatic heterocycles. The zero-order valence-corrected chi connectivity index (χ0v) is 25.7. The Kier molecular flexibility index (Phi) is 6.56. The summed E-state index contributed by atoms with van der Waals surface area (Å²) in [5.74, 6) is -2.87. The van der Waals surface area contributed by atoms with Crippen LogP contribution in [0.5, 0.6) is 0 Å². The maximum atomic E-state index is 13.4. The summed E-state index contributed by atoms with van der Waals surface area (Å²) < 4.78 is 5.23. The van der Waals surface area contributed by atoms with Crippen molar-refractivity contribution < 1.29 is 19.4 Å². The quantitative estimate of drug-likeness (QED) is 0.290. The number of aromatic amines is 3. The second-order valence-corrected chi connectivity index (χ2v) is 12.2. The molecule has 0 aromatic carbocycles. The SMILES string of the molecule is C=Cc1c2[nH]c(c1C)C=C1NC(=Cc3[nH]c(c(C)c3C)C=c3[nH]c(c(C)c3C)=C2)C2(C)C1CC=C(C(=O)O)C2C(=O)OC. The van der Waals surface area contributed by atoms with Crippen molar-refractivity contribution in [1.82, 2.24) is 20.3 Å². The van der Waals surface area contributed by atoms with Crippen molar-refractivity contribution in [2.75, 3.05) is 7.11 Å². The van der Waals surface area contributed by atoms with Crippen molar-refractivity contribution in [3.8, 4) is 0 Å². The van der Waals surface area contributed by atoms with E-state index in [2.05, 4.69) is 79.7 Å². The lowest BCUT2D eigenvalue weighted by Crippen LogP contribution is -2.44. The van der Waals surface area contributed by atoms with Crippen LogP contribution in [0.15, 0.2) is 29.6 Å². The van der Waals surface area contributed by atoms with Crippen molar-refractivity contribution in [3.63, 3.8) is 0 Å².